The Morgan fingerprint density at radius 2 is 2.24 bits per heavy atom. The Balaban J connectivity index is 1.61. The second-order valence-electron chi connectivity index (χ2n) is 5.73. The van der Waals surface area contributed by atoms with E-state index in [-0.39, 0.29) is 18.0 Å². The van der Waals surface area contributed by atoms with Crippen LogP contribution >= 0.6 is 11.3 Å². The molecule has 0 bridgehead atoms. The number of nitrogens with one attached hydrogen (secondary N) is 2. The predicted octanol–water partition coefficient (Wildman–Crippen LogP) is 0.418. The molecule has 0 aliphatic rings. The number of carbonyl (C=O) groups excluding carboxylic acids is 1. The lowest BCUT2D eigenvalue weighted by molar-refractivity contribution is -0.885. The Bertz CT molecular complexity index is 950. The monoisotopic (exact) mass is 359 g/mol. The minimum absolute atomic E-state index is 0.102. The van der Waals surface area contributed by atoms with Crippen molar-refractivity contribution >= 4 is 27.9 Å². The highest BCUT2D eigenvalue weighted by molar-refractivity contribution is 7.15. The molecule has 2 N–H and O–H groups in total. The zero-order valence-corrected chi connectivity index (χ0v) is 14.8. The normalized spacial score (nSPS) is 12.1. The van der Waals surface area contributed by atoms with Crippen molar-refractivity contribution in [2.45, 2.75) is 6.54 Å². The van der Waals surface area contributed by atoms with Crippen molar-refractivity contribution in [1.29, 1.82) is 0 Å². The molecule has 2 aromatic heterocycles. The van der Waals surface area contributed by atoms with Crippen molar-refractivity contribution < 1.29 is 14.4 Å². The van der Waals surface area contributed by atoms with E-state index in [2.05, 4.69) is 10.3 Å². The largest absolute Gasteiger partial charge is 0.497 e. The minimum Gasteiger partial charge on any atom is -0.497 e. The van der Waals surface area contributed by atoms with Crippen LogP contribution in [0.1, 0.15) is 5.69 Å². The molecule has 0 aliphatic carbocycles. The van der Waals surface area contributed by atoms with Gasteiger partial charge in [-0.05, 0) is 12.1 Å². The second kappa shape index (κ2) is 7.45. The number of fused-ring (bicyclic) bond motifs is 1. The number of likely N-dealkylation sites (N-methyl/N-ethyl adjacent to an activating group) is 1. The summed E-state index contributed by atoms with van der Waals surface area (Å²) in [6, 6.07) is 8.73. The summed E-state index contributed by atoms with van der Waals surface area (Å²) in [4.78, 5) is 30.3. The number of amides is 1. The van der Waals surface area contributed by atoms with E-state index >= 15 is 0 Å². The fourth-order valence-corrected chi connectivity index (χ4v) is 3.27. The third-order valence-corrected chi connectivity index (χ3v) is 4.41. The lowest BCUT2D eigenvalue weighted by Crippen LogP contribution is -3.08. The lowest BCUT2D eigenvalue weighted by atomic mass is 10.3. The van der Waals surface area contributed by atoms with Crippen LogP contribution in [0, 0.1) is 0 Å². The number of aromatic nitrogens is 2. The summed E-state index contributed by atoms with van der Waals surface area (Å²) < 4.78 is 6.65. The summed E-state index contributed by atoms with van der Waals surface area (Å²) in [5.74, 6) is 0.576. The molecule has 1 atom stereocenters. The average molecular weight is 359 g/mol. The topological polar surface area (TPSA) is 77.1 Å². The van der Waals surface area contributed by atoms with Crippen molar-refractivity contribution in [1.82, 2.24) is 9.38 Å². The first kappa shape index (κ1) is 17.1. The Morgan fingerprint density at radius 3 is 3.04 bits per heavy atom. The molecule has 130 valence electrons. The van der Waals surface area contributed by atoms with Crippen LogP contribution in [0.15, 0.2) is 46.7 Å². The Morgan fingerprint density at radius 1 is 1.40 bits per heavy atom. The molecule has 7 nitrogen and oxygen atoms in total. The summed E-state index contributed by atoms with van der Waals surface area (Å²) in [6.07, 6.45) is 1.71. The number of carbonyl (C=O) groups is 1. The highest BCUT2D eigenvalue weighted by Crippen LogP contribution is 2.16. The first-order valence-electron chi connectivity index (χ1n) is 7.76. The number of nitrogens with zero attached hydrogens (tertiary/aromatic N) is 2. The van der Waals surface area contributed by atoms with Crippen LogP contribution in [-0.2, 0) is 11.3 Å². The summed E-state index contributed by atoms with van der Waals surface area (Å²) in [6.45, 7) is 0.762. The number of anilines is 1. The highest BCUT2D eigenvalue weighted by Gasteiger charge is 2.13. The van der Waals surface area contributed by atoms with Crippen LogP contribution in [-0.4, -0.2) is 36.0 Å². The Hall–Kier alpha value is -2.71. The SMILES string of the molecule is COc1cccc(NC(=O)C[NH+](C)Cc2cc(=O)n3ccsc3n2)c1. The van der Waals surface area contributed by atoms with E-state index < -0.39 is 0 Å². The highest BCUT2D eigenvalue weighted by atomic mass is 32.1. The zero-order valence-electron chi connectivity index (χ0n) is 14.0. The maximum atomic E-state index is 12.2. The Labute approximate surface area is 148 Å². The molecule has 3 aromatic rings. The lowest BCUT2D eigenvalue weighted by Gasteiger charge is -2.13. The van der Waals surface area contributed by atoms with Gasteiger partial charge in [0, 0.05) is 29.4 Å². The van der Waals surface area contributed by atoms with E-state index in [0.717, 1.165) is 4.90 Å². The molecule has 0 saturated carbocycles. The molecule has 1 aromatic carbocycles. The maximum Gasteiger partial charge on any atom is 0.279 e. The molecule has 0 fully saturated rings. The number of quaternary nitrogens is 1. The molecule has 0 radical (unpaired) electrons. The standard InChI is InChI=1S/C17H18N4O3S/c1-20(10-13-9-16(23)21-6-7-25-17(21)19-13)11-15(22)18-12-4-3-5-14(8-12)24-2/h3-9H,10-11H2,1-2H3,(H,18,22)/p+1. The number of hydrogen-bond acceptors (Lipinski definition) is 5. The molecular formula is C17H19N4O3S+. The number of ether oxygens (including phenoxy) is 1. The van der Waals surface area contributed by atoms with Crippen molar-refractivity contribution in [3.63, 3.8) is 0 Å². The van der Waals surface area contributed by atoms with Crippen molar-refractivity contribution in [3.05, 3.63) is 58.0 Å². The summed E-state index contributed by atoms with van der Waals surface area (Å²) in [7, 11) is 3.47. The van der Waals surface area contributed by atoms with Gasteiger partial charge in [0.15, 0.2) is 11.5 Å². The summed E-state index contributed by atoms with van der Waals surface area (Å²) in [5, 5.41) is 4.67. The van der Waals surface area contributed by atoms with Crippen molar-refractivity contribution in [3.8, 4) is 5.75 Å². The van der Waals surface area contributed by atoms with E-state index in [0.29, 0.717) is 28.6 Å². The van der Waals surface area contributed by atoms with Crippen LogP contribution in [0.25, 0.3) is 4.96 Å². The van der Waals surface area contributed by atoms with Gasteiger partial charge in [-0.2, -0.15) is 0 Å². The van der Waals surface area contributed by atoms with Gasteiger partial charge in [-0.3, -0.25) is 14.0 Å². The summed E-state index contributed by atoms with van der Waals surface area (Å²) >= 11 is 1.41. The molecular weight excluding hydrogens is 340 g/mol. The quantitative estimate of drug-likeness (QED) is 0.669. The molecule has 1 amide bonds. The maximum absolute atomic E-state index is 12.2. The second-order valence-corrected chi connectivity index (χ2v) is 6.61. The Kier molecular flexibility index (Phi) is 5.11. The van der Waals surface area contributed by atoms with E-state index in [1.54, 1.807) is 19.4 Å². The molecule has 0 aliphatic heterocycles. The van der Waals surface area contributed by atoms with Crippen LogP contribution in [0.3, 0.4) is 0 Å². The number of hydrogen-bond donors (Lipinski definition) is 2. The molecule has 0 saturated heterocycles. The van der Waals surface area contributed by atoms with Gasteiger partial charge in [-0.1, -0.05) is 6.07 Å². The van der Waals surface area contributed by atoms with Crippen molar-refractivity contribution in [2.24, 2.45) is 0 Å². The van der Waals surface area contributed by atoms with Crippen LogP contribution in [0.2, 0.25) is 0 Å². The first-order chi connectivity index (χ1) is 12.0. The fraction of sp³-hybridized carbons (Fsp3) is 0.235. The third-order valence-electron chi connectivity index (χ3n) is 3.65. The van der Waals surface area contributed by atoms with E-state index in [1.165, 1.54) is 21.8 Å². The third kappa shape index (κ3) is 4.23. The van der Waals surface area contributed by atoms with E-state index in [4.69, 9.17) is 4.74 Å². The average Bonchev–Trinajstić information content (AvgIpc) is 3.03. The van der Waals surface area contributed by atoms with Crippen molar-refractivity contribution in [2.75, 3.05) is 26.0 Å². The van der Waals surface area contributed by atoms with Gasteiger partial charge in [-0.15, -0.1) is 11.3 Å². The molecule has 2 heterocycles. The molecule has 0 spiro atoms. The van der Waals surface area contributed by atoms with Gasteiger partial charge >= 0.3 is 0 Å². The molecule has 1 unspecified atom stereocenters. The predicted molar refractivity (Wildman–Crippen MR) is 96.4 cm³/mol. The van der Waals surface area contributed by atoms with Gasteiger partial charge in [0.2, 0.25) is 0 Å². The molecule has 8 heteroatoms. The van der Waals surface area contributed by atoms with E-state index in [9.17, 15) is 9.59 Å². The van der Waals surface area contributed by atoms with Crippen LogP contribution < -0.4 is 20.5 Å². The minimum atomic E-state index is -0.111. The van der Waals surface area contributed by atoms with Gasteiger partial charge in [0.05, 0.1) is 14.2 Å². The van der Waals surface area contributed by atoms with Gasteiger partial charge in [0.25, 0.3) is 11.5 Å². The number of thiazole rings is 1. The number of benzene rings is 1. The summed E-state index contributed by atoms with van der Waals surface area (Å²) in [5.41, 5.74) is 1.27. The van der Waals surface area contributed by atoms with Gasteiger partial charge in [-0.25, -0.2) is 4.98 Å². The molecule has 25 heavy (non-hydrogen) atoms. The zero-order chi connectivity index (χ0) is 17.8. The van der Waals surface area contributed by atoms with Gasteiger partial charge < -0.3 is 15.0 Å². The smallest absolute Gasteiger partial charge is 0.279 e. The molecule has 3 rings (SSSR count). The van der Waals surface area contributed by atoms with Crippen LogP contribution in [0.4, 0.5) is 5.69 Å². The fourth-order valence-electron chi connectivity index (χ4n) is 2.53. The van der Waals surface area contributed by atoms with Crippen LogP contribution in [0.5, 0.6) is 5.75 Å². The first-order valence-corrected chi connectivity index (χ1v) is 8.64. The number of rotatable bonds is 6. The van der Waals surface area contributed by atoms with Gasteiger partial charge in [0.1, 0.15) is 18.0 Å². The van der Waals surface area contributed by atoms with E-state index in [1.807, 2.05) is 30.6 Å². The number of methoxy groups -OCH3 is 1.